The maximum Gasteiger partial charge on any atom is 0.347 e. The quantitative estimate of drug-likeness (QED) is 0.742. The van der Waals surface area contributed by atoms with Crippen molar-refractivity contribution in [1.29, 1.82) is 0 Å². The van der Waals surface area contributed by atoms with Crippen LogP contribution >= 0.6 is 0 Å². The van der Waals surface area contributed by atoms with Crippen LogP contribution in [-0.2, 0) is 9.63 Å². The lowest BCUT2D eigenvalue weighted by Gasteiger charge is -2.06. The van der Waals surface area contributed by atoms with Crippen LogP contribution < -0.4 is 0 Å². The first-order chi connectivity index (χ1) is 9.68. The topological polar surface area (TPSA) is 58.9 Å². The number of oxime groups is 1. The van der Waals surface area contributed by atoms with Crippen LogP contribution in [0.5, 0.6) is 0 Å². The van der Waals surface area contributed by atoms with Crippen LogP contribution in [0.1, 0.15) is 18.1 Å². The Balaban J connectivity index is 2.07. The first-order valence-electron chi connectivity index (χ1n) is 6.34. The number of carboxylic acid groups (broad SMARTS) is 1. The third-order valence-electron chi connectivity index (χ3n) is 3.30. The maximum absolute atomic E-state index is 10.8. The number of carboxylic acids is 1. The molecule has 1 aliphatic rings. The van der Waals surface area contributed by atoms with Gasteiger partial charge < -0.3 is 9.94 Å². The number of benzene rings is 2. The van der Waals surface area contributed by atoms with Gasteiger partial charge in [0.2, 0.25) is 6.10 Å². The summed E-state index contributed by atoms with van der Waals surface area (Å²) in [4.78, 5) is 15.9. The van der Waals surface area contributed by atoms with Gasteiger partial charge in [0, 0.05) is 11.1 Å². The van der Waals surface area contributed by atoms with E-state index in [1.54, 1.807) is 0 Å². The summed E-state index contributed by atoms with van der Waals surface area (Å²) in [5.41, 5.74) is 4.80. The molecule has 0 aliphatic heterocycles. The van der Waals surface area contributed by atoms with Crippen LogP contribution in [-0.4, -0.2) is 22.9 Å². The minimum absolute atomic E-state index is 0.685. The van der Waals surface area contributed by atoms with Crippen LogP contribution in [0.3, 0.4) is 0 Å². The van der Waals surface area contributed by atoms with Gasteiger partial charge in [-0.15, -0.1) is 0 Å². The summed E-state index contributed by atoms with van der Waals surface area (Å²) >= 11 is 0. The number of nitrogens with zero attached hydrogens (tertiary/aromatic N) is 1. The number of hydrogen-bond donors (Lipinski definition) is 1. The zero-order valence-electron chi connectivity index (χ0n) is 10.9. The summed E-state index contributed by atoms with van der Waals surface area (Å²) in [7, 11) is 0. The van der Waals surface area contributed by atoms with E-state index in [9.17, 15) is 4.79 Å². The minimum atomic E-state index is -1.03. The molecule has 1 atom stereocenters. The largest absolute Gasteiger partial charge is 0.478 e. The molecule has 1 aliphatic carbocycles. The van der Waals surface area contributed by atoms with Gasteiger partial charge in [-0.1, -0.05) is 53.7 Å². The van der Waals surface area contributed by atoms with Crippen LogP contribution in [0.25, 0.3) is 11.1 Å². The molecule has 0 bridgehead atoms. The molecule has 0 saturated heterocycles. The van der Waals surface area contributed by atoms with E-state index in [0.29, 0.717) is 5.71 Å². The van der Waals surface area contributed by atoms with Crippen LogP contribution in [0.4, 0.5) is 0 Å². The Morgan fingerprint density at radius 3 is 1.90 bits per heavy atom. The Kier molecular flexibility index (Phi) is 2.99. The second-order valence-corrected chi connectivity index (χ2v) is 4.62. The molecule has 4 heteroatoms. The van der Waals surface area contributed by atoms with Gasteiger partial charge in [-0.2, -0.15) is 0 Å². The van der Waals surface area contributed by atoms with E-state index < -0.39 is 12.1 Å². The third-order valence-corrected chi connectivity index (χ3v) is 3.30. The SMILES string of the molecule is C[C@@H](ON=C1c2ccccc2-c2ccccc21)C(=O)O. The monoisotopic (exact) mass is 267 g/mol. The highest BCUT2D eigenvalue weighted by Gasteiger charge is 2.25. The van der Waals surface area contributed by atoms with Gasteiger partial charge in [0.15, 0.2) is 0 Å². The molecule has 0 aromatic heterocycles. The fraction of sp³-hybridized carbons (Fsp3) is 0.125. The van der Waals surface area contributed by atoms with Crippen molar-refractivity contribution in [2.75, 3.05) is 0 Å². The molecule has 0 saturated carbocycles. The van der Waals surface area contributed by atoms with Crippen molar-refractivity contribution >= 4 is 11.7 Å². The Morgan fingerprint density at radius 2 is 1.45 bits per heavy atom. The van der Waals surface area contributed by atoms with Gasteiger partial charge in [-0.25, -0.2) is 4.79 Å². The fourth-order valence-corrected chi connectivity index (χ4v) is 2.27. The molecular formula is C16H13NO3. The zero-order valence-corrected chi connectivity index (χ0v) is 10.9. The van der Waals surface area contributed by atoms with Crippen molar-refractivity contribution in [3.8, 4) is 11.1 Å². The predicted molar refractivity (Wildman–Crippen MR) is 75.7 cm³/mol. The van der Waals surface area contributed by atoms with E-state index in [-0.39, 0.29) is 0 Å². The van der Waals surface area contributed by atoms with Crippen LogP contribution in [0, 0.1) is 0 Å². The van der Waals surface area contributed by atoms with Crippen molar-refractivity contribution in [1.82, 2.24) is 0 Å². The van der Waals surface area contributed by atoms with Crippen molar-refractivity contribution in [2.45, 2.75) is 13.0 Å². The molecule has 0 amide bonds. The van der Waals surface area contributed by atoms with E-state index >= 15 is 0 Å². The summed E-state index contributed by atoms with van der Waals surface area (Å²) in [6.45, 7) is 1.46. The maximum atomic E-state index is 10.8. The number of hydrogen-bond acceptors (Lipinski definition) is 3. The van der Waals surface area contributed by atoms with Gasteiger partial charge in [-0.05, 0) is 18.1 Å². The van der Waals surface area contributed by atoms with Gasteiger partial charge in [0.1, 0.15) is 5.71 Å². The molecule has 0 heterocycles. The lowest BCUT2D eigenvalue weighted by molar-refractivity contribution is -0.149. The molecule has 4 nitrogen and oxygen atoms in total. The molecule has 0 fully saturated rings. The van der Waals surface area contributed by atoms with Crippen molar-refractivity contribution in [3.63, 3.8) is 0 Å². The summed E-state index contributed by atoms with van der Waals surface area (Å²) < 4.78 is 0. The van der Waals surface area contributed by atoms with E-state index in [2.05, 4.69) is 5.16 Å². The number of rotatable bonds is 3. The Labute approximate surface area is 116 Å². The van der Waals surface area contributed by atoms with Crippen LogP contribution in [0.2, 0.25) is 0 Å². The van der Waals surface area contributed by atoms with E-state index in [4.69, 9.17) is 9.94 Å². The first-order valence-corrected chi connectivity index (χ1v) is 6.34. The van der Waals surface area contributed by atoms with Gasteiger partial charge in [-0.3, -0.25) is 0 Å². The second-order valence-electron chi connectivity index (χ2n) is 4.62. The van der Waals surface area contributed by atoms with E-state index in [1.807, 2.05) is 48.5 Å². The summed E-state index contributed by atoms with van der Waals surface area (Å²) in [5.74, 6) is -1.03. The molecule has 1 N–H and O–H groups in total. The van der Waals surface area contributed by atoms with Crippen molar-refractivity contribution in [3.05, 3.63) is 59.7 Å². The van der Waals surface area contributed by atoms with Crippen molar-refractivity contribution in [2.24, 2.45) is 5.16 Å². The highest BCUT2D eigenvalue weighted by molar-refractivity contribution is 6.24. The zero-order chi connectivity index (χ0) is 14.1. The van der Waals surface area contributed by atoms with E-state index in [0.717, 1.165) is 22.3 Å². The standard InChI is InChI=1S/C16H13NO3/c1-10(16(18)19)20-17-15-13-8-4-2-6-11(13)12-7-3-5-9-14(12)15/h2-10H,1H3,(H,18,19)/t10-/m1/s1. The number of aliphatic carboxylic acids is 1. The molecule has 100 valence electrons. The normalized spacial score (nSPS) is 13.3. The summed E-state index contributed by atoms with van der Waals surface area (Å²) in [6.07, 6.45) is -0.970. The molecular weight excluding hydrogens is 254 g/mol. The van der Waals surface area contributed by atoms with Crippen molar-refractivity contribution < 1.29 is 14.7 Å². The predicted octanol–water partition coefficient (Wildman–Crippen LogP) is 2.91. The third kappa shape index (κ3) is 1.95. The molecule has 0 spiro atoms. The van der Waals surface area contributed by atoms with Gasteiger partial charge >= 0.3 is 5.97 Å². The first kappa shape index (κ1) is 12.4. The van der Waals surface area contributed by atoms with Gasteiger partial charge in [0.05, 0.1) is 0 Å². The average Bonchev–Trinajstić information content (AvgIpc) is 2.79. The Bertz CT molecular complexity index is 659. The highest BCUT2D eigenvalue weighted by Crippen LogP contribution is 2.36. The molecule has 0 unspecified atom stereocenters. The van der Waals surface area contributed by atoms with Crippen LogP contribution in [0.15, 0.2) is 53.7 Å². The summed E-state index contributed by atoms with van der Waals surface area (Å²) in [5, 5.41) is 12.9. The van der Waals surface area contributed by atoms with E-state index in [1.165, 1.54) is 6.92 Å². The Hall–Kier alpha value is -2.62. The smallest absolute Gasteiger partial charge is 0.347 e. The Morgan fingerprint density at radius 1 is 1.00 bits per heavy atom. The lowest BCUT2D eigenvalue weighted by Crippen LogP contribution is -2.18. The number of carbonyl (C=O) groups is 1. The molecule has 0 radical (unpaired) electrons. The highest BCUT2D eigenvalue weighted by atomic mass is 16.6. The summed E-state index contributed by atoms with van der Waals surface area (Å²) in [6, 6.07) is 15.8. The molecule has 3 rings (SSSR count). The van der Waals surface area contributed by atoms with Gasteiger partial charge in [0.25, 0.3) is 0 Å². The molecule has 2 aromatic rings. The lowest BCUT2D eigenvalue weighted by atomic mass is 10.1. The minimum Gasteiger partial charge on any atom is -0.478 e. The fourth-order valence-electron chi connectivity index (χ4n) is 2.27. The number of fused-ring (bicyclic) bond motifs is 3. The molecule has 20 heavy (non-hydrogen) atoms. The molecule has 2 aromatic carbocycles. The second kappa shape index (κ2) is 4.81. The average molecular weight is 267 g/mol.